The number of nitrogens with one attached hydrogen (secondary N) is 1. The van der Waals surface area contributed by atoms with Gasteiger partial charge in [0.1, 0.15) is 18.1 Å². The van der Waals surface area contributed by atoms with Crippen molar-refractivity contribution in [1.29, 1.82) is 0 Å². The van der Waals surface area contributed by atoms with Crippen molar-refractivity contribution < 1.29 is 23.5 Å². The van der Waals surface area contributed by atoms with E-state index < -0.39 is 0 Å². The van der Waals surface area contributed by atoms with Crippen molar-refractivity contribution in [3.8, 4) is 28.4 Å². The van der Waals surface area contributed by atoms with E-state index in [9.17, 15) is 9.59 Å². The second-order valence-electron chi connectivity index (χ2n) is 10.7. The highest BCUT2D eigenvalue weighted by molar-refractivity contribution is 8.00. The molecule has 0 saturated carbocycles. The Balaban J connectivity index is 1.57. The molecule has 1 atom stereocenters. The fourth-order valence-electron chi connectivity index (χ4n) is 5.54. The van der Waals surface area contributed by atoms with E-state index in [0.717, 1.165) is 39.2 Å². The summed E-state index contributed by atoms with van der Waals surface area (Å²) in [6.45, 7) is 4.12. The summed E-state index contributed by atoms with van der Waals surface area (Å²) in [6.07, 6.45) is 1.56. The SMILES string of the molecule is COc1ccc([C@@H]2SCC(=O)N(CC(=O)NCc3ccco3)c3c2c(-c2ccccc2)nn3-c2cccc(C)c2C)cc1OC. The van der Waals surface area contributed by atoms with Crippen molar-refractivity contribution in [2.24, 2.45) is 0 Å². The van der Waals surface area contributed by atoms with Gasteiger partial charge in [-0.15, -0.1) is 11.8 Å². The van der Waals surface area contributed by atoms with Crippen molar-refractivity contribution in [3.63, 3.8) is 0 Å². The average Bonchev–Trinajstić information content (AvgIpc) is 3.70. The summed E-state index contributed by atoms with van der Waals surface area (Å²) in [4.78, 5) is 29.0. The quantitative estimate of drug-likeness (QED) is 0.207. The molecular weight excluding hydrogens is 588 g/mol. The van der Waals surface area contributed by atoms with Gasteiger partial charge in [0.2, 0.25) is 11.8 Å². The monoisotopic (exact) mass is 622 g/mol. The van der Waals surface area contributed by atoms with E-state index in [1.807, 2.05) is 85.3 Å². The third kappa shape index (κ3) is 5.93. The van der Waals surface area contributed by atoms with Crippen molar-refractivity contribution in [1.82, 2.24) is 15.1 Å². The van der Waals surface area contributed by atoms with Gasteiger partial charge in [-0.2, -0.15) is 5.10 Å². The molecule has 0 spiro atoms. The standard InChI is InChI=1S/C35H34N4O5S/c1-22-10-8-14-27(23(22)2)39-35-32(33(37-39)24-11-6-5-7-12-24)34(25-15-16-28(42-3)29(18-25)43-4)45-21-31(41)38(35)20-30(40)36-19-26-13-9-17-44-26/h5-18,34H,19-21H2,1-4H3,(H,36,40)/t34-/m0/s1. The fourth-order valence-corrected chi connectivity index (χ4v) is 6.73. The van der Waals surface area contributed by atoms with Crippen LogP contribution in [0.25, 0.3) is 16.9 Å². The number of aryl methyl sites for hydroxylation is 1. The molecule has 1 N–H and O–H groups in total. The highest BCUT2D eigenvalue weighted by Gasteiger charge is 2.38. The van der Waals surface area contributed by atoms with Gasteiger partial charge in [-0.25, -0.2) is 4.68 Å². The lowest BCUT2D eigenvalue weighted by Gasteiger charge is -2.24. The number of nitrogens with zero attached hydrogens (tertiary/aromatic N) is 3. The zero-order chi connectivity index (χ0) is 31.5. The van der Waals surface area contributed by atoms with E-state index in [-0.39, 0.29) is 35.9 Å². The first-order valence-electron chi connectivity index (χ1n) is 14.6. The second kappa shape index (κ2) is 13.0. The van der Waals surface area contributed by atoms with Crippen LogP contribution in [0, 0.1) is 13.8 Å². The summed E-state index contributed by atoms with van der Waals surface area (Å²) in [5, 5.41) is 7.80. The number of ether oxygens (including phenoxy) is 2. The Labute approximate surface area is 266 Å². The Bertz CT molecular complexity index is 1830. The van der Waals surface area contributed by atoms with Crippen molar-refractivity contribution in [3.05, 3.63) is 113 Å². The van der Waals surface area contributed by atoms with Crippen LogP contribution in [0.3, 0.4) is 0 Å². The van der Waals surface area contributed by atoms with Crippen molar-refractivity contribution >= 4 is 29.4 Å². The van der Waals surface area contributed by atoms with Gasteiger partial charge < -0.3 is 19.2 Å². The highest BCUT2D eigenvalue weighted by atomic mass is 32.2. The number of thioether (sulfide) groups is 1. The Kier molecular flexibility index (Phi) is 8.66. The molecule has 1 aliphatic heterocycles. The Hall–Kier alpha value is -4.96. The fraction of sp³-hybridized carbons (Fsp3) is 0.229. The first-order valence-corrected chi connectivity index (χ1v) is 15.6. The smallest absolute Gasteiger partial charge is 0.240 e. The molecule has 9 nitrogen and oxygen atoms in total. The van der Waals surface area contributed by atoms with Crippen LogP contribution in [-0.2, 0) is 16.1 Å². The van der Waals surface area contributed by atoms with Crippen LogP contribution in [0.1, 0.15) is 33.3 Å². The third-order valence-electron chi connectivity index (χ3n) is 7.99. The van der Waals surface area contributed by atoms with Gasteiger partial charge in [0.25, 0.3) is 0 Å². The van der Waals surface area contributed by atoms with Crippen LogP contribution in [-0.4, -0.2) is 48.1 Å². The summed E-state index contributed by atoms with van der Waals surface area (Å²) in [5.41, 5.74) is 6.34. The van der Waals surface area contributed by atoms with Gasteiger partial charge in [-0.1, -0.05) is 48.5 Å². The maximum Gasteiger partial charge on any atom is 0.240 e. The van der Waals surface area contributed by atoms with Gasteiger partial charge in [0.15, 0.2) is 11.5 Å². The number of carbonyl (C=O) groups is 2. The molecule has 0 aliphatic carbocycles. The molecule has 0 saturated heterocycles. The Morgan fingerprint density at radius 1 is 1.00 bits per heavy atom. The molecule has 5 aromatic rings. The number of amides is 2. The largest absolute Gasteiger partial charge is 0.493 e. The van der Waals surface area contributed by atoms with Gasteiger partial charge in [-0.05, 0) is 60.9 Å². The number of benzene rings is 3. The number of anilines is 1. The molecule has 0 unspecified atom stereocenters. The van der Waals surface area contributed by atoms with E-state index in [4.69, 9.17) is 19.0 Å². The molecule has 10 heteroatoms. The van der Waals surface area contributed by atoms with E-state index in [1.165, 1.54) is 11.8 Å². The molecule has 2 amide bonds. The zero-order valence-corrected chi connectivity index (χ0v) is 26.4. The average molecular weight is 623 g/mol. The molecule has 6 rings (SSSR count). The predicted molar refractivity (Wildman–Crippen MR) is 175 cm³/mol. The molecule has 0 radical (unpaired) electrons. The minimum absolute atomic E-state index is 0.153. The van der Waals surface area contributed by atoms with Crippen LogP contribution in [0.15, 0.2) is 89.5 Å². The summed E-state index contributed by atoms with van der Waals surface area (Å²) < 4.78 is 18.4. The summed E-state index contributed by atoms with van der Waals surface area (Å²) in [6, 6.07) is 25.3. The topological polar surface area (TPSA) is 98.8 Å². The number of rotatable bonds is 9. The molecule has 1 aliphatic rings. The van der Waals surface area contributed by atoms with Crippen LogP contribution >= 0.6 is 11.8 Å². The van der Waals surface area contributed by atoms with E-state index in [1.54, 1.807) is 37.5 Å². The van der Waals surface area contributed by atoms with E-state index >= 15 is 0 Å². The molecule has 45 heavy (non-hydrogen) atoms. The number of fused-ring (bicyclic) bond motifs is 1. The minimum atomic E-state index is -0.311. The van der Waals surface area contributed by atoms with Gasteiger partial charge in [-0.3, -0.25) is 14.5 Å². The van der Waals surface area contributed by atoms with Gasteiger partial charge in [0, 0.05) is 11.1 Å². The zero-order valence-electron chi connectivity index (χ0n) is 25.6. The first-order chi connectivity index (χ1) is 21.9. The van der Waals surface area contributed by atoms with Gasteiger partial charge in [0.05, 0.1) is 49.4 Å². The number of methoxy groups -OCH3 is 2. The third-order valence-corrected chi connectivity index (χ3v) is 9.25. The minimum Gasteiger partial charge on any atom is -0.493 e. The predicted octanol–water partition coefficient (Wildman–Crippen LogP) is 6.25. The summed E-state index contributed by atoms with van der Waals surface area (Å²) in [7, 11) is 3.21. The van der Waals surface area contributed by atoms with Crippen LogP contribution in [0.2, 0.25) is 0 Å². The maximum absolute atomic E-state index is 14.0. The molecule has 3 heterocycles. The van der Waals surface area contributed by atoms with Gasteiger partial charge >= 0.3 is 0 Å². The second-order valence-corrected chi connectivity index (χ2v) is 11.8. The normalized spacial score (nSPS) is 14.5. The molecule has 3 aromatic carbocycles. The maximum atomic E-state index is 14.0. The van der Waals surface area contributed by atoms with Crippen molar-refractivity contribution in [2.75, 3.05) is 31.4 Å². The van der Waals surface area contributed by atoms with Crippen LogP contribution in [0.4, 0.5) is 5.82 Å². The number of hydrogen-bond acceptors (Lipinski definition) is 7. The molecular formula is C35H34N4O5S. The van der Waals surface area contributed by atoms with Crippen molar-refractivity contribution in [2.45, 2.75) is 25.6 Å². The lowest BCUT2D eigenvalue weighted by molar-refractivity contribution is -0.123. The molecule has 0 bridgehead atoms. The van der Waals surface area contributed by atoms with E-state index in [2.05, 4.69) is 5.32 Å². The highest BCUT2D eigenvalue weighted by Crippen LogP contribution is 2.49. The van der Waals surface area contributed by atoms with Crippen LogP contribution < -0.4 is 19.7 Å². The number of hydrogen-bond donors (Lipinski definition) is 1. The molecule has 2 aromatic heterocycles. The Morgan fingerprint density at radius 2 is 1.80 bits per heavy atom. The number of furan rings is 1. The first kappa shape index (κ1) is 30.1. The summed E-state index contributed by atoms with van der Waals surface area (Å²) in [5.74, 6) is 2.04. The molecule has 230 valence electrons. The summed E-state index contributed by atoms with van der Waals surface area (Å²) >= 11 is 1.50. The molecule has 0 fully saturated rings. The lowest BCUT2D eigenvalue weighted by atomic mass is 9.99. The Morgan fingerprint density at radius 3 is 2.53 bits per heavy atom. The number of carbonyl (C=O) groups excluding carboxylic acids is 2. The van der Waals surface area contributed by atoms with E-state index in [0.29, 0.717) is 23.1 Å². The lowest BCUT2D eigenvalue weighted by Crippen LogP contribution is -2.42. The van der Waals surface area contributed by atoms with Crippen LogP contribution in [0.5, 0.6) is 11.5 Å². The number of aromatic nitrogens is 2.